The van der Waals surface area contributed by atoms with Crippen LogP contribution in [0, 0.1) is 11.3 Å². The number of amides is 1. The zero-order chi connectivity index (χ0) is 25.8. The molecule has 5 rings (SSSR count). The average Bonchev–Trinajstić information content (AvgIpc) is 2.93. The fourth-order valence-electron chi connectivity index (χ4n) is 4.12. The summed E-state index contributed by atoms with van der Waals surface area (Å²) in [6, 6.07) is 35.2. The van der Waals surface area contributed by atoms with E-state index in [1.807, 2.05) is 97.9 Å². The molecule has 0 saturated carbocycles. The molecule has 0 aliphatic heterocycles. The highest BCUT2D eigenvalue weighted by Gasteiger charge is 2.22. The molecule has 37 heavy (non-hydrogen) atoms. The quantitative estimate of drug-likeness (QED) is 0.229. The molecule has 6 heteroatoms. The van der Waals surface area contributed by atoms with Crippen LogP contribution >= 0.6 is 23.4 Å². The number of thioether (sulfide) groups is 1. The van der Waals surface area contributed by atoms with E-state index >= 15 is 0 Å². The lowest BCUT2D eigenvalue weighted by molar-refractivity contribution is -0.115. The number of anilines is 1. The normalized spacial score (nSPS) is 11.6. The van der Waals surface area contributed by atoms with Crippen molar-refractivity contribution in [1.82, 2.24) is 4.98 Å². The largest absolute Gasteiger partial charge is 0.325 e. The molecule has 0 unspecified atom stereocenters. The Morgan fingerprint density at radius 1 is 0.919 bits per heavy atom. The summed E-state index contributed by atoms with van der Waals surface area (Å²) in [7, 11) is 0. The highest BCUT2D eigenvalue weighted by Crippen LogP contribution is 2.36. The zero-order valence-electron chi connectivity index (χ0n) is 20.0. The molecule has 0 saturated heterocycles. The lowest BCUT2D eigenvalue weighted by Gasteiger charge is -2.16. The Bertz CT molecular complexity index is 1620. The van der Waals surface area contributed by atoms with Crippen LogP contribution in [0.25, 0.3) is 33.2 Å². The fraction of sp³-hybridized carbons (Fsp3) is 0.0645. The van der Waals surface area contributed by atoms with Gasteiger partial charge >= 0.3 is 0 Å². The van der Waals surface area contributed by atoms with Gasteiger partial charge in [-0.1, -0.05) is 102 Å². The topological polar surface area (TPSA) is 65.8 Å². The lowest BCUT2D eigenvalue weighted by Crippen LogP contribution is -2.22. The monoisotopic (exact) mass is 519 g/mol. The highest BCUT2D eigenvalue weighted by atomic mass is 35.5. The Kier molecular flexibility index (Phi) is 7.23. The second-order valence-corrected chi connectivity index (χ2v) is 10.3. The number of nitrogens with one attached hydrogen (secondary N) is 1. The third-order valence-corrected chi connectivity index (χ3v) is 7.37. The lowest BCUT2D eigenvalue weighted by atomic mass is 9.99. The van der Waals surface area contributed by atoms with Crippen molar-refractivity contribution in [1.29, 1.82) is 5.26 Å². The molecule has 4 nitrogen and oxygen atoms in total. The Balaban J connectivity index is 1.51. The van der Waals surface area contributed by atoms with E-state index in [2.05, 4.69) is 11.4 Å². The number of fused-ring (bicyclic) bond motifs is 1. The van der Waals surface area contributed by atoms with Crippen molar-refractivity contribution in [3.63, 3.8) is 0 Å². The summed E-state index contributed by atoms with van der Waals surface area (Å²) in [5.74, 6) is -0.162. The SMILES string of the molecule is C[C@H](Sc1nc(-c2ccccc2)cc(-c2ccc(Cl)cc2)c1C#N)C(=O)Nc1cccc2ccccc12. The maximum absolute atomic E-state index is 13.3. The van der Waals surface area contributed by atoms with Crippen molar-refractivity contribution in [2.75, 3.05) is 5.32 Å². The van der Waals surface area contributed by atoms with E-state index in [1.54, 1.807) is 12.1 Å². The van der Waals surface area contributed by atoms with E-state index in [0.29, 0.717) is 15.6 Å². The number of nitriles is 1. The van der Waals surface area contributed by atoms with Gasteiger partial charge in [0, 0.05) is 27.2 Å². The molecular weight excluding hydrogens is 498 g/mol. The van der Waals surface area contributed by atoms with Crippen LogP contribution in [-0.2, 0) is 4.79 Å². The van der Waals surface area contributed by atoms with Crippen LogP contribution in [0.5, 0.6) is 0 Å². The number of carbonyl (C=O) groups excluding carboxylic acids is 1. The van der Waals surface area contributed by atoms with Crippen LogP contribution in [0.1, 0.15) is 12.5 Å². The number of carbonyl (C=O) groups is 1. The van der Waals surface area contributed by atoms with Gasteiger partial charge in [0.2, 0.25) is 5.91 Å². The third kappa shape index (κ3) is 5.36. The Morgan fingerprint density at radius 2 is 1.62 bits per heavy atom. The van der Waals surface area contributed by atoms with Crippen molar-refractivity contribution in [2.24, 2.45) is 0 Å². The second-order valence-electron chi connectivity index (χ2n) is 8.50. The number of aromatic nitrogens is 1. The van der Waals surface area contributed by atoms with Gasteiger partial charge in [-0.15, -0.1) is 0 Å². The van der Waals surface area contributed by atoms with Crippen LogP contribution < -0.4 is 5.32 Å². The van der Waals surface area contributed by atoms with Gasteiger partial charge in [0.15, 0.2) is 0 Å². The first-order valence-electron chi connectivity index (χ1n) is 11.8. The van der Waals surface area contributed by atoms with Crippen LogP contribution in [-0.4, -0.2) is 16.1 Å². The Hall–Kier alpha value is -4.11. The fourth-order valence-corrected chi connectivity index (χ4v) is 5.17. The molecule has 1 amide bonds. The molecule has 5 aromatic rings. The number of hydrogen-bond donors (Lipinski definition) is 1. The maximum atomic E-state index is 13.3. The van der Waals surface area contributed by atoms with E-state index in [4.69, 9.17) is 16.6 Å². The molecule has 4 aromatic carbocycles. The van der Waals surface area contributed by atoms with Crippen molar-refractivity contribution >= 4 is 45.7 Å². The van der Waals surface area contributed by atoms with Crippen LogP contribution in [0.2, 0.25) is 5.02 Å². The number of hydrogen-bond acceptors (Lipinski definition) is 4. The van der Waals surface area contributed by atoms with Crippen molar-refractivity contribution in [3.8, 4) is 28.5 Å². The van der Waals surface area contributed by atoms with E-state index in [-0.39, 0.29) is 5.91 Å². The van der Waals surface area contributed by atoms with Gasteiger partial charge in [-0.25, -0.2) is 4.98 Å². The maximum Gasteiger partial charge on any atom is 0.237 e. The number of halogens is 1. The molecule has 0 fully saturated rings. The summed E-state index contributed by atoms with van der Waals surface area (Å²) in [5, 5.41) is 15.9. The molecule has 0 aliphatic carbocycles. The summed E-state index contributed by atoms with van der Waals surface area (Å²) in [6.07, 6.45) is 0. The first-order valence-corrected chi connectivity index (χ1v) is 13.0. The molecule has 1 atom stereocenters. The molecule has 0 spiro atoms. The van der Waals surface area contributed by atoms with Crippen LogP contribution in [0.4, 0.5) is 5.69 Å². The molecule has 0 bridgehead atoms. The van der Waals surface area contributed by atoms with Gasteiger partial charge < -0.3 is 5.32 Å². The molecule has 0 aliphatic rings. The predicted molar refractivity (Wildman–Crippen MR) is 153 cm³/mol. The van der Waals surface area contributed by atoms with Gasteiger partial charge in [0.1, 0.15) is 11.1 Å². The van der Waals surface area contributed by atoms with E-state index in [9.17, 15) is 10.1 Å². The van der Waals surface area contributed by atoms with Crippen LogP contribution in [0.3, 0.4) is 0 Å². The van der Waals surface area contributed by atoms with E-state index < -0.39 is 5.25 Å². The van der Waals surface area contributed by atoms with Gasteiger partial charge in [-0.2, -0.15) is 5.26 Å². The van der Waals surface area contributed by atoms with Gasteiger partial charge in [0.05, 0.1) is 16.5 Å². The van der Waals surface area contributed by atoms with E-state index in [0.717, 1.165) is 38.8 Å². The number of pyridine rings is 1. The summed E-state index contributed by atoms with van der Waals surface area (Å²) in [5.41, 5.74) is 4.44. The third-order valence-electron chi connectivity index (χ3n) is 6.03. The minimum absolute atomic E-state index is 0.162. The molecule has 0 radical (unpaired) electrons. The molecule has 1 aromatic heterocycles. The minimum Gasteiger partial charge on any atom is -0.325 e. The average molecular weight is 520 g/mol. The molecule has 180 valence electrons. The van der Waals surface area contributed by atoms with Gasteiger partial charge in [-0.3, -0.25) is 4.79 Å². The van der Waals surface area contributed by atoms with Crippen LogP contribution in [0.15, 0.2) is 108 Å². The van der Waals surface area contributed by atoms with Crippen molar-refractivity contribution in [2.45, 2.75) is 17.2 Å². The number of nitrogens with zero attached hydrogens (tertiary/aromatic N) is 2. The highest BCUT2D eigenvalue weighted by molar-refractivity contribution is 8.00. The first-order chi connectivity index (χ1) is 18.0. The van der Waals surface area contributed by atoms with Gasteiger partial charge in [-0.05, 0) is 42.1 Å². The number of rotatable bonds is 6. The minimum atomic E-state index is -0.498. The summed E-state index contributed by atoms with van der Waals surface area (Å²) in [4.78, 5) is 18.1. The standard InChI is InChI=1S/C31H22ClN3OS/c1-20(30(36)34-28-13-7-11-21-8-5-6-12-25(21)28)37-31-27(19-33)26(22-14-16-24(32)17-15-22)18-29(35-31)23-9-3-2-4-10-23/h2-18,20H,1H3,(H,34,36)/t20-/m0/s1. The van der Waals surface area contributed by atoms with E-state index in [1.165, 1.54) is 11.8 Å². The first kappa shape index (κ1) is 24.6. The Labute approximate surface area is 224 Å². The summed E-state index contributed by atoms with van der Waals surface area (Å²) >= 11 is 7.39. The molecule has 1 N–H and O–H groups in total. The van der Waals surface area contributed by atoms with Gasteiger partial charge in [0.25, 0.3) is 0 Å². The van der Waals surface area contributed by atoms with Crippen molar-refractivity contribution in [3.05, 3.63) is 114 Å². The molecular formula is C31H22ClN3OS. The zero-order valence-corrected chi connectivity index (χ0v) is 21.6. The second kappa shape index (κ2) is 10.9. The molecule has 1 heterocycles. The Morgan fingerprint density at radius 3 is 2.38 bits per heavy atom. The smallest absolute Gasteiger partial charge is 0.237 e. The van der Waals surface area contributed by atoms with Crippen molar-refractivity contribution < 1.29 is 4.79 Å². The number of benzene rings is 4. The summed E-state index contributed by atoms with van der Waals surface area (Å²) < 4.78 is 0. The predicted octanol–water partition coefficient (Wildman–Crippen LogP) is 8.21. The summed E-state index contributed by atoms with van der Waals surface area (Å²) in [6.45, 7) is 1.82.